The third-order valence-electron chi connectivity index (χ3n) is 4.34. The highest BCUT2D eigenvalue weighted by Gasteiger charge is 2.11. The molecule has 2 N–H and O–H groups in total. The molecule has 3 aromatic rings. The highest BCUT2D eigenvalue weighted by atomic mass is 35.5. The summed E-state index contributed by atoms with van der Waals surface area (Å²) in [4.78, 5) is 21.0. The Kier molecular flexibility index (Phi) is 5.32. The van der Waals surface area contributed by atoms with E-state index >= 15 is 0 Å². The smallest absolute Gasteiger partial charge is 0.255 e. The lowest BCUT2D eigenvalue weighted by Gasteiger charge is -2.14. The van der Waals surface area contributed by atoms with Crippen LogP contribution in [0, 0.1) is 0 Å². The molecule has 0 bridgehead atoms. The summed E-state index contributed by atoms with van der Waals surface area (Å²) < 4.78 is 0. The second kappa shape index (κ2) is 8.21. The van der Waals surface area contributed by atoms with Gasteiger partial charge in [0.2, 0.25) is 0 Å². The van der Waals surface area contributed by atoms with Crippen LogP contribution in [0.15, 0.2) is 71.9 Å². The molecule has 1 aliphatic rings. The van der Waals surface area contributed by atoms with Gasteiger partial charge < -0.3 is 10.7 Å². The van der Waals surface area contributed by atoms with E-state index in [0.29, 0.717) is 29.5 Å². The largest absolute Gasteiger partial charge is 0.322 e. The van der Waals surface area contributed by atoms with Crippen molar-refractivity contribution < 1.29 is 4.79 Å². The Bertz CT molecular complexity index is 997. The zero-order valence-electron chi connectivity index (χ0n) is 15.0. The minimum atomic E-state index is -0.177. The van der Waals surface area contributed by atoms with Crippen LogP contribution in [0.25, 0.3) is 11.3 Å². The fourth-order valence-electron chi connectivity index (χ4n) is 2.90. The van der Waals surface area contributed by atoms with Crippen molar-refractivity contribution >= 4 is 29.5 Å². The number of rotatable bonds is 5. The average molecular weight is 392 g/mol. The molecule has 6 nitrogen and oxygen atoms in total. The normalized spacial score (nSPS) is 13.3. The number of aliphatic imine (C=N–C) groups is 1. The maximum absolute atomic E-state index is 12.6. The number of benzene rings is 2. The first kappa shape index (κ1) is 18.2. The van der Waals surface area contributed by atoms with Crippen molar-refractivity contribution in [1.29, 1.82) is 0 Å². The lowest BCUT2D eigenvalue weighted by atomic mass is 10.1. The van der Waals surface area contributed by atoms with Crippen LogP contribution in [0.5, 0.6) is 0 Å². The highest BCUT2D eigenvalue weighted by molar-refractivity contribution is 6.33. The van der Waals surface area contributed by atoms with E-state index in [1.165, 1.54) is 0 Å². The summed E-state index contributed by atoms with van der Waals surface area (Å²) in [6.45, 7) is 1.34. The van der Waals surface area contributed by atoms with Gasteiger partial charge >= 0.3 is 0 Å². The number of aromatic nitrogens is 1. The van der Waals surface area contributed by atoms with Gasteiger partial charge in [-0.05, 0) is 48.0 Å². The van der Waals surface area contributed by atoms with Crippen molar-refractivity contribution in [2.75, 3.05) is 12.0 Å². The minimum Gasteiger partial charge on any atom is -0.322 e. The maximum atomic E-state index is 12.6. The Morgan fingerprint density at radius 2 is 2.00 bits per heavy atom. The molecular formula is C21H18ClN5O. The van der Waals surface area contributed by atoms with Crippen LogP contribution in [0.4, 0.5) is 5.69 Å². The first-order valence-corrected chi connectivity index (χ1v) is 9.17. The number of nitrogens with zero attached hydrogens (tertiary/aromatic N) is 3. The quantitative estimate of drug-likeness (QED) is 0.690. The van der Waals surface area contributed by atoms with Gasteiger partial charge in [0, 0.05) is 29.6 Å². The predicted molar refractivity (Wildman–Crippen MR) is 111 cm³/mol. The monoisotopic (exact) mass is 391 g/mol. The number of hydrogen-bond donors (Lipinski definition) is 2. The number of carbonyl (C=O) groups is 1. The zero-order valence-corrected chi connectivity index (χ0v) is 15.7. The first-order valence-electron chi connectivity index (χ1n) is 8.80. The van der Waals surface area contributed by atoms with E-state index < -0.39 is 0 Å². The molecule has 4 rings (SSSR count). The van der Waals surface area contributed by atoms with Crippen LogP contribution in [0.1, 0.15) is 15.9 Å². The summed E-state index contributed by atoms with van der Waals surface area (Å²) in [5, 5.41) is 5.48. The summed E-state index contributed by atoms with van der Waals surface area (Å²) in [6.07, 6.45) is 3.38. The number of hydrazine groups is 1. The molecule has 2 aromatic carbocycles. The number of anilines is 1. The standard InChI is InChI=1S/C21H18ClN5O/c22-19-9-8-17(11-18(19)20-3-1-2-10-24-20)26-21(28)16-6-4-15(5-7-16)12-27-14-23-13-25-27/h1-11,13H,12,14H2,(H,23,25)(H,26,28). The molecule has 0 fully saturated rings. The Morgan fingerprint density at radius 3 is 2.71 bits per heavy atom. The predicted octanol–water partition coefficient (Wildman–Crippen LogP) is 3.96. The van der Waals surface area contributed by atoms with Gasteiger partial charge in [-0.1, -0.05) is 29.8 Å². The van der Waals surface area contributed by atoms with Crippen molar-refractivity contribution in [2.45, 2.75) is 6.54 Å². The number of halogens is 1. The van der Waals surface area contributed by atoms with Crippen LogP contribution in [-0.2, 0) is 6.54 Å². The molecule has 0 atom stereocenters. The van der Waals surface area contributed by atoms with Crippen LogP contribution in [0.3, 0.4) is 0 Å². The molecule has 0 spiro atoms. The van der Waals surface area contributed by atoms with E-state index in [1.807, 2.05) is 53.5 Å². The molecule has 1 aliphatic heterocycles. The van der Waals surface area contributed by atoms with Crippen LogP contribution in [-0.4, -0.2) is 28.9 Å². The number of pyridine rings is 1. The van der Waals surface area contributed by atoms with Gasteiger partial charge in [0.15, 0.2) is 0 Å². The van der Waals surface area contributed by atoms with E-state index in [0.717, 1.165) is 16.8 Å². The molecule has 0 radical (unpaired) electrons. The van der Waals surface area contributed by atoms with Gasteiger partial charge in [-0.3, -0.25) is 14.8 Å². The van der Waals surface area contributed by atoms with Gasteiger partial charge in [-0.2, -0.15) is 5.01 Å². The van der Waals surface area contributed by atoms with E-state index in [-0.39, 0.29) is 5.91 Å². The molecule has 0 saturated heterocycles. The third-order valence-corrected chi connectivity index (χ3v) is 4.67. The molecule has 140 valence electrons. The summed E-state index contributed by atoms with van der Waals surface area (Å²) in [5.74, 6) is -0.177. The van der Waals surface area contributed by atoms with Crippen LogP contribution in [0.2, 0.25) is 5.02 Å². The molecule has 1 aromatic heterocycles. The van der Waals surface area contributed by atoms with E-state index in [1.54, 1.807) is 24.7 Å². The third kappa shape index (κ3) is 4.19. The minimum absolute atomic E-state index is 0.177. The summed E-state index contributed by atoms with van der Waals surface area (Å²) in [6, 6.07) is 18.5. The summed E-state index contributed by atoms with van der Waals surface area (Å²) in [7, 11) is 0. The Morgan fingerprint density at radius 1 is 1.14 bits per heavy atom. The SMILES string of the molecule is O=C(Nc1ccc(Cl)c(-c2ccccn2)c1)c1ccc(CN2CN=CN2)cc1. The van der Waals surface area contributed by atoms with Gasteiger partial charge in [0.1, 0.15) is 6.67 Å². The average Bonchev–Trinajstić information content (AvgIpc) is 3.23. The topological polar surface area (TPSA) is 69.6 Å². The fourth-order valence-corrected chi connectivity index (χ4v) is 3.12. The number of nitrogens with one attached hydrogen (secondary N) is 2. The molecule has 28 heavy (non-hydrogen) atoms. The van der Waals surface area contributed by atoms with Crippen LogP contribution >= 0.6 is 11.6 Å². The molecule has 1 amide bonds. The van der Waals surface area contributed by atoms with Crippen molar-refractivity contribution in [3.63, 3.8) is 0 Å². The molecule has 0 unspecified atom stereocenters. The van der Waals surface area contributed by atoms with Crippen molar-refractivity contribution in [2.24, 2.45) is 4.99 Å². The van der Waals surface area contributed by atoms with E-state index in [4.69, 9.17) is 11.6 Å². The van der Waals surface area contributed by atoms with Gasteiger partial charge in [0.25, 0.3) is 5.91 Å². The maximum Gasteiger partial charge on any atom is 0.255 e. The lowest BCUT2D eigenvalue weighted by Crippen LogP contribution is -2.30. The highest BCUT2D eigenvalue weighted by Crippen LogP contribution is 2.29. The number of amides is 1. The second-order valence-electron chi connectivity index (χ2n) is 6.34. The molecular weight excluding hydrogens is 374 g/mol. The number of carbonyl (C=O) groups excluding carboxylic acids is 1. The Balaban J connectivity index is 1.46. The lowest BCUT2D eigenvalue weighted by molar-refractivity contribution is 0.102. The van der Waals surface area contributed by atoms with Gasteiger partial charge in [-0.15, -0.1) is 0 Å². The first-order chi connectivity index (χ1) is 13.7. The van der Waals surface area contributed by atoms with Crippen molar-refractivity contribution in [1.82, 2.24) is 15.4 Å². The fraction of sp³-hybridized carbons (Fsp3) is 0.0952. The van der Waals surface area contributed by atoms with Crippen LogP contribution < -0.4 is 10.7 Å². The summed E-state index contributed by atoms with van der Waals surface area (Å²) in [5.41, 5.74) is 6.92. The zero-order chi connectivity index (χ0) is 19.3. The van der Waals surface area contributed by atoms with Gasteiger partial charge in [-0.25, -0.2) is 0 Å². The molecule has 0 aliphatic carbocycles. The van der Waals surface area contributed by atoms with Gasteiger partial charge in [0.05, 0.1) is 17.1 Å². The molecule has 2 heterocycles. The molecule has 0 saturated carbocycles. The Hall–Kier alpha value is -3.22. The Labute approximate surface area is 167 Å². The van der Waals surface area contributed by atoms with Crippen molar-refractivity contribution in [3.8, 4) is 11.3 Å². The number of hydrogen-bond acceptors (Lipinski definition) is 5. The molecule has 7 heteroatoms. The van der Waals surface area contributed by atoms with Crippen molar-refractivity contribution in [3.05, 3.63) is 83.0 Å². The summed E-state index contributed by atoms with van der Waals surface area (Å²) >= 11 is 6.30. The second-order valence-corrected chi connectivity index (χ2v) is 6.75. The van der Waals surface area contributed by atoms with E-state index in [2.05, 4.69) is 20.7 Å². The van der Waals surface area contributed by atoms with E-state index in [9.17, 15) is 4.79 Å².